The highest BCUT2D eigenvalue weighted by molar-refractivity contribution is 7.10. The van der Waals surface area contributed by atoms with Gasteiger partial charge in [0.2, 0.25) is 11.8 Å². The Kier molecular flexibility index (Phi) is 5.92. The van der Waals surface area contributed by atoms with Gasteiger partial charge >= 0.3 is 0 Å². The van der Waals surface area contributed by atoms with Gasteiger partial charge in [0, 0.05) is 23.5 Å². The number of halogens is 1. The van der Waals surface area contributed by atoms with Crippen molar-refractivity contribution in [2.45, 2.75) is 31.7 Å². The number of benzene rings is 2. The zero-order chi connectivity index (χ0) is 22.8. The topological polar surface area (TPSA) is 78.1 Å². The summed E-state index contributed by atoms with van der Waals surface area (Å²) in [5.74, 6) is 0.190. The second kappa shape index (κ2) is 9.15. The van der Waals surface area contributed by atoms with Crippen LogP contribution in [0.1, 0.15) is 29.1 Å². The summed E-state index contributed by atoms with van der Waals surface area (Å²) in [6.07, 6.45) is 2.15. The lowest BCUT2D eigenvalue weighted by atomic mass is 10.1. The van der Waals surface area contributed by atoms with Gasteiger partial charge in [0.15, 0.2) is 0 Å². The predicted molar refractivity (Wildman–Crippen MR) is 127 cm³/mol. The van der Waals surface area contributed by atoms with E-state index in [1.807, 2.05) is 29.6 Å². The lowest BCUT2D eigenvalue weighted by molar-refractivity contribution is -0.136. The van der Waals surface area contributed by atoms with Gasteiger partial charge in [-0.15, -0.1) is 11.3 Å². The van der Waals surface area contributed by atoms with Crippen LogP contribution in [0.15, 0.2) is 60.0 Å². The number of carbonyl (C=O) groups is 2. The van der Waals surface area contributed by atoms with Crippen LogP contribution in [0.2, 0.25) is 0 Å². The van der Waals surface area contributed by atoms with Crippen LogP contribution in [-0.4, -0.2) is 39.3 Å². The van der Waals surface area contributed by atoms with Gasteiger partial charge in [-0.2, -0.15) is 0 Å². The summed E-state index contributed by atoms with van der Waals surface area (Å²) in [5, 5.41) is 4.90. The van der Waals surface area contributed by atoms with Crippen molar-refractivity contribution in [2.75, 3.05) is 11.9 Å². The quantitative estimate of drug-likeness (QED) is 0.442. The SMILES string of the molecule is O=C(Nc1ccc2nc(Cc3ccccc3F)[nH]c2c1)C1CCCN1C(=O)Cc1cccs1. The minimum absolute atomic E-state index is 0.0168. The number of amides is 2. The zero-order valence-electron chi connectivity index (χ0n) is 17.9. The van der Waals surface area contributed by atoms with E-state index in [1.54, 1.807) is 40.5 Å². The lowest BCUT2D eigenvalue weighted by Crippen LogP contribution is -2.43. The molecule has 2 aromatic heterocycles. The highest BCUT2D eigenvalue weighted by Gasteiger charge is 2.34. The van der Waals surface area contributed by atoms with Gasteiger partial charge in [-0.25, -0.2) is 9.37 Å². The average Bonchev–Trinajstić information content (AvgIpc) is 3.55. The molecule has 2 aromatic carbocycles. The van der Waals surface area contributed by atoms with Crippen LogP contribution in [0.25, 0.3) is 11.0 Å². The fourth-order valence-corrected chi connectivity index (χ4v) is 4.97. The van der Waals surface area contributed by atoms with Gasteiger partial charge in [-0.3, -0.25) is 9.59 Å². The summed E-state index contributed by atoms with van der Waals surface area (Å²) in [6, 6.07) is 15.5. The third kappa shape index (κ3) is 4.66. The maximum Gasteiger partial charge on any atom is 0.247 e. The minimum atomic E-state index is -0.466. The van der Waals surface area contributed by atoms with E-state index in [9.17, 15) is 14.0 Å². The van der Waals surface area contributed by atoms with Crippen LogP contribution >= 0.6 is 11.3 Å². The molecule has 0 bridgehead atoms. The van der Waals surface area contributed by atoms with E-state index in [-0.39, 0.29) is 17.6 Å². The maximum atomic E-state index is 14.0. The van der Waals surface area contributed by atoms with E-state index in [2.05, 4.69) is 15.3 Å². The van der Waals surface area contributed by atoms with Crippen LogP contribution in [0.5, 0.6) is 0 Å². The largest absolute Gasteiger partial charge is 0.342 e. The summed E-state index contributed by atoms with van der Waals surface area (Å²) in [5.41, 5.74) is 2.70. The summed E-state index contributed by atoms with van der Waals surface area (Å²) in [4.78, 5) is 36.2. The molecule has 2 N–H and O–H groups in total. The number of likely N-dealkylation sites (tertiary alicyclic amines) is 1. The summed E-state index contributed by atoms with van der Waals surface area (Å²) < 4.78 is 14.0. The van der Waals surface area contributed by atoms with E-state index in [0.29, 0.717) is 42.9 Å². The van der Waals surface area contributed by atoms with Gasteiger partial charge in [0.25, 0.3) is 0 Å². The molecule has 1 aliphatic heterocycles. The molecule has 0 radical (unpaired) electrons. The first-order valence-electron chi connectivity index (χ1n) is 10.9. The summed E-state index contributed by atoms with van der Waals surface area (Å²) in [7, 11) is 0. The molecule has 0 spiro atoms. The van der Waals surface area contributed by atoms with E-state index in [4.69, 9.17) is 0 Å². The molecule has 4 aromatic rings. The molecule has 6 nitrogen and oxygen atoms in total. The fraction of sp³-hybridized carbons (Fsp3) is 0.240. The van der Waals surface area contributed by atoms with E-state index < -0.39 is 6.04 Å². The molecular weight excluding hydrogens is 439 g/mol. The van der Waals surface area contributed by atoms with Crippen LogP contribution in [0, 0.1) is 5.82 Å². The summed E-state index contributed by atoms with van der Waals surface area (Å²) in [6.45, 7) is 0.598. The molecule has 1 saturated heterocycles. The number of hydrogen-bond acceptors (Lipinski definition) is 4. The number of rotatable bonds is 6. The molecule has 1 fully saturated rings. The second-order valence-electron chi connectivity index (χ2n) is 8.17. The molecule has 5 rings (SSSR count). The van der Waals surface area contributed by atoms with E-state index in [1.165, 1.54) is 6.07 Å². The number of carbonyl (C=O) groups excluding carboxylic acids is 2. The van der Waals surface area contributed by atoms with Crippen molar-refractivity contribution in [1.29, 1.82) is 0 Å². The Morgan fingerprint density at radius 2 is 2.06 bits per heavy atom. The third-order valence-corrected chi connectivity index (χ3v) is 6.77. The van der Waals surface area contributed by atoms with Crippen molar-refractivity contribution in [2.24, 2.45) is 0 Å². The predicted octanol–water partition coefficient (Wildman–Crippen LogP) is 4.53. The Balaban J connectivity index is 1.27. The Labute approximate surface area is 194 Å². The molecule has 1 unspecified atom stereocenters. The molecule has 0 saturated carbocycles. The Bertz CT molecular complexity index is 1300. The Hall–Kier alpha value is -3.52. The summed E-state index contributed by atoms with van der Waals surface area (Å²) >= 11 is 1.55. The number of thiophene rings is 1. The minimum Gasteiger partial charge on any atom is -0.342 e. The molecule has 0 aliphatic carbocycles. The monoisotopic (exact) mass is 462 g/mol. The first kappa shape index (κ1) is 21.3. The van der Waals surface area contributed by atoms with E-state index >= 15 is 0 Å². The lowest BCUT2D eigenvalue weighted by Gasteiger charge is -2.24. The second-order valence-corrected chi connectivity index (χ2v) is 9.21. The number of hydrogen-bond donors (Lipinski definition) is 2. The standard InChI is InChI=1S/C25H23FN4O2S/c26-19-7-2-1-5-16(19)13-23-28-20-10-9-17(14-21(20)29-23)27-25(32)22-8-3-11-30(22)24(31)15-18-6-4-12-33-18/h1-2,4-7,9-10,12,14,22H,3,8,11,13,15H2,(H,27,32)(H,28,29). The maximum absolute atomic E-state index is 14.0. The van der Waals surface area contributed by atoms with Crippen molar-refractivity contribution in [1.82, 2.24) is 14.9 Å². The number of nitrogens with zero attached hydrogens (tertiary/aromatic N) is 2. The zero-order valence-corrected chi connectivity index (χ0v) is 18.7. The average molecular weight is 463 g/mol. The van der Waals surface area contributed by atoms with Gasteiger partial charge in [-0.05, 0) is 54.1 Å². The van der Waals surface area contributed by atoms with Crippen molar-refractivity contribution in [3.05, 3.63) is 82.1 Å². The molecule has 3 heterocycles. The van der Waals surface area contributed by atoms with Gasteiger partial charge < -0.3 is 15.2 Å². The molecule has 8 heteroatoms. The number of aromatic amines is 1. The van der Waals surface area contributed by atoms with Gasteiger partial charge in [-0.1, -0.05) is 24.3 Å². The fourth-order valence-electron chi connectivity index (χ4n) is 4.27. The number of anilines is 1. The molecule has 2 amide bonds. The van der Waals surface area contributed by atoms with Crippen LogP contribution in [0.3, 0.4) is 0 Å². The van der Waals surface area contributed by atoms with Crippen LogP contribution < -0.4 is 5.32 Å². The van der Waals surface area contributed by atoms with Crippen molar-refractivity contribution < 1.29 is 14.0 Å². The molecule has 1 aliphatic rings. The van der Waals surface area contributed by atoms with Crippen molar-refractivity contribution in [3.63, 3.8) is 0 Å². The normalized spacial score (nSPS) is 15.8. The van der Waals surface area contributed by atoms with Crippen molar-refractivity contribution >= 4 is 39.9 Å². The first-order chi connectivity index (χ1) is 16.1. The number of fused-ring (bicyclic) bond motifs is 1. The van der Waals surface area contributed by atoms with Gasteiger partial charge in [0.05, 0.1) is 17.5 Å². The van der Waals surface area contributed by atoms with E-state index in [0.717, 1.165) is 22.3 Å². The number of H-pyrrole nitrogens is 1. The highest BCUT2D eigenvalue weighted by Crippen LogP contribution is 2.23. The first-order valence-corrected chi connectivity index (χ1v) is 11.8. The number of imidazole rings is 1. The van der Waals surface area contributed by atoms with Crippen LogP contribution in [-0.2, 0) is 22.4 Å². The van der Waals surface area contributed by atoms with Gasteiger partial charge in [0.1, 0.15) is 17.7 Å². The third-order valence-electron chi connectivity index (χ3n) is 5.90. The van der Waals surface area contributed by atoms with Crippen LogP contribution in [0.4, 0.5) is 10.1 Å². The Morgan fingerprint density at radius 1 is 1.18 bits per heavy atom. The smallest absolute Gasteiger partial charge is 0.247 e. The molecule has 33 heavy (non-hydrogen) atoms. The molecule has 168 valence electrons. The number of aromatic nitrogens is 2. The molecule has 1 atom stereocenters. The number of nitrogens with one attached hydrogen (secondary N) is 2. The highest BCUT2D eigenvalue weighted by atomic mass is 32.1. The molecular formula is C25H23FN4O2S. The Morgan fingerprint density at radius 3 is 2.88 bits per heavy atom. The van der Waals surface area contributed by atoms with Crippen molar-refractivity contribution in [3.8, 4) is 0 Å².